The molecular weight excluding hydrogens is 449 g/mol. The number of aromatic nitrogens is 2. The highest BCUT2D eigenvalue weighted by Crippen LogP contribution is 2.43. The highest BCUT2D eigenvalue weighted by Gasteiger charge is 2.41. The Hall–Kier alpha value is -3.69. The number of ether oxygens (including phenoxy) is 1. The fourth-order valence-electron chi connectivity index (χ4n) is 4.65. The summed E-state index contributed by atoms with van der Waals surface area (Å²) >= 11 is 0. The Kier molecular flexibility index (Phi) is 6.78. The van der Waals surface area contributed by atoms with E-state index in [-0.39, 0.29) is 30.0 Å². The smallest absolute Gasteiger partial charge is 0.317 e. The van der Waals surface area contributed by atoms with Crippen molar-refractivity contribution >= 4 is 18.0 Å². The summed E-state index contributed by atoms with van der Waals surface area (Å²) in [5.41, 5.74) is 1.67. The number of urea groups is 1. The van der Waals surface area contributed by atoms with Crippen molar-refractivity contribution in [1.29, 1.82) is 0 Å². The Labute approximate surface area is 204 Å². The van der Waals surface area contributed by atoms with Gasteiger partial charge in [-0.3, -0.25) is 4.90 Å². The average molecular weight is 480 g/mol. The molecule has 184 valence electrons. The number of piperidine rings is 1. The minimum absolute atomic E-state index is 0.0138. The number of amidine groups is 1. The first-order chi connectivity index (χ1) is 17.1. The van der Waals surface area contributed by atoms with E-state index in [4.69, 9.17) is 14.7 Å². The van der Waals surface area contributed by atoms with Crippen LogP contribution in [0.4, 0.5) is 15.1 Å². The van der Waals surface area contributed by atoms with Crippen molar-refractivity contribution in [3.63, 3.8) is 0 Å². The SMILES string of the molecule is CCCCNC(=O)N1CCC(Nc2nccc(C3C(c4ccc(F)cc4)N=C4OC=CN43)n2)CC1. The first-order valence-electron chi connectivity index (χ1n) is 12.2. The second kappa shape index (κ2) is 10.3. The van der Waals surface area contributed by atoms with E-state index < -0.39 is 0 Å². The molecule has 5 rings (SSSR count). The van der Waals surface area contributed by atoms with Gasteiger partial charge in [-0.05, 0) is 43.0 Å². The Morgan fingerprint density at radius 3 is 2.77 bits per heavy atom. The third kappa shape index (κ3) is 5.06. The van der Waals surface area contributed by atoms with Crippen LogP contribution in [0.3, 0.4) is 0 Å². The van der Waals surface area contributed by atoms with Crippen LogP contribution < -0.4 is 10.6 Å². The van der Waals surface area contributed by atoms with Gasteiger partial charge in [-0.25, -0.2) is 24.1 Å². The number of likely N-dealkylation sites (tertiary alicyclic amines) is 1. The number of carbonyl (C=O) groups is 1. The largest absolute Gasteiger partial charge is 0.432 e. The highest BCUT2D eigenvalue weighted by atomic mass is 19.1. The van der Waals surface area contributed by atoms with E-state index in [2.05, 4.69) is 22.5 Å². The van der Waals surface area contributed by atoms with Crippen LogP contribution in [0.25, 0.3) is 0 Å². The fraction of sp³-hybridized carbons (Fsp3) is 0.440. The summed E-state index contributed by atoms with van der Waals surface area (Å²) in [5, 5.41) is 6.43. The van der Waals surface area contributed by atoms with E-state index in [1.165, 1.54) is 12.1 Å². The summed E-state index contributed by atoms with van der Waals surface area (Å²) in [6, 6.07) is 8.43. The molecule has 1 saturated heterocycles. The predicted octanol–water partition coefficient (Wildman–Crippen LogP) is 3.96. The number of hydrogen-bond donors (Lipinski definition) is 2. The molecule has 4 heterocycles. The van der Waals surface area contributed by atoms with Crippen molar-refractivity contribution in [3.8, 4) is 0 Å². The molecule has 2 N–H and O–H groups in total. The molecule has 2 atom stereocenters. The summed E-state index contributed by atoms with van der Waals surface area (Å²) < 4.78 is 19.0. The van der Waals surface area contributed by atoms with Crippen LogP contribution >= 0.6 is 0 Å². The van der Waals surface area contributed by atoms with Gasteiger partial charge in [0.25, 0.3) is 6.02 Å². The van der Waals surface area contributed by atoms with Crippen LogP contribution in [0.1, 0.15) is 55.9 Å². The number of anilines is 1. The molecule has 1 aromatic carbocycles. The normalized spacial score (nSPS) is 21.5. The number of benzene rings is 1. The Bertz CT molecular complexity index is 1100. The molecule has 2 aromatic rings. The second-order valence-electron chi connectivity index (χ2n) is 8.96. The third-order valence-electron chi connectivity index (χ3n) is 6.58. The van der Waals surface area contributed by atoms with Gasteiger partial charge in [0.1, 0.15) is 24.2 Å². The van der Waals surface area contributed by atoms with E-state index >= 15 is 0 Å². The molecule has 0 bridgehead atoms. The van der Waals surface area contributed by atoms with Gasteiger partial charge < -0.3 is 20.3 Å². The number of rotatable bonds is 7. The molecule has 0 saturated carbocycles. The molecule has 10 heteroatoms. The number of aliphatic imine (C=N–C) groups is 1. The number of carbonyl (C=O) groups excluding carboxylic acids is 1. The van der Waals surface area contributed by atoms with Crippen molar-refractivity contribution in [2.24, 2.45) is 4.99 Å². The van der Waals surface area contributed by atoms with Crippen LogP contribution in [0.15, 0.2) is 54.0 Å². The number of nitrogens with one attached hydrogen (secondary N) is 2. The van der Waals surface area contributed by atoms with Gasteiger partial charge in [0.15, 0.2) is 0 Å². The summed E-state index contributed by atoms with van der Waals surface area (Å²) in [5.74, 6) is 0.259. The lowest BCUT2D eigenvalue weighted by molar-refractivity contribution is 0.183. The molecule has 35 heavy (non-hydrogen) atoms. The molecule has 0 aliphatic carbocycles. The molecule has 1 aromatic heterocycles. The van der Waals surface area contributed by atoms with Crippen LogP contribution in [0.5, 0.6) is 0 Å². The zero-order chi connectivity index (χ0) is 24.2. The van der Waals surface area contributed by atoms with Gasteiger partial charge in [-0.15, -0.1) is 0 Å². The van der Waals surface area contributed by atoms with Crippen LogP contribution in [0, 0.1) is 5.82 Å². The Balaban J connectivity index is 1.25. The number of nitrogens with zero attached hydrogens (tertiary/aromatic N) is 5. The molecule has 3 aliphatic rings. The number of amides is 2. The van der Waals surface area contributed by atoms with E-state index in [1.807, 2.05) is 22.1 Å². The Morgan fingerprint density at radius 1 is 1.20 bits per heavy atom. The molecular formula is C25H30FN7O2. The molecule has 9 nitrogen and oxygen atoms in total. The fourth-order valence-corrected chi connectivity index (χ4v) is 4.65. The van der Waals surface area contributed by atoms with Crippen LogP contribution in [-0.2, 0) is 4.74 Å². The van der Waals surface area contributed by atoms with Gasteiger partial charge in [0.2, 0.25) is 5.95 Å². The number of fused-ring (bicyclic) bond motifs is 1. The summed E-state index contributed by atoms with van der Waals surface area (Å²) in [7, 11) is 0. The van der Waals surface area contributed by atoms with Crippen LogP contribution in [-0.4, -0.2) is 57.5 Å². The van der Waals surface area contributed by atoms with Gasteiger partial charge in [0, 0.05) is 38.1 Å². The van der Waals surface area contributed by atoms with Gasteiger partial charge in [-0.2, -0.15) is 0 Å². The predicted molar refractivity (Wildman–Crippen MR) is 130 cm³/mol. The summed E-state index contributed by atoms with van der Waals surface area (Å²) in [6.07, 6.45) is 8.88. The van der Waals surface area contributed by atoms with Crippen LogP contribution in [0.2, 0.25) is 0 Å². The molecule has 0 radical (unpaired) electrons. The first kappa shape index (κ1) is 23.1. The standard InChI is InChI=1S/C25H30FN7O2/c1-2-3-11-28-24(34)32-13-9-19(10-14-32)29-23-27-12-8-20(30-23)22-21(17-4-6-18(26)7-5-17)31-25-33(22)15-16-35-25/h4-8,12,15-16,19,21-22H,2-3,9-11,13-14H2,1H3,(H,28,34)(H,27,29,30). The number of hydrogen-bond acceptors (Lipinski definition) is 7. The first-order valence-corrected chi connectivity index (χ1v) is 12.2. The quantitative estimate of drug-likeness (QED) is 0.584. The lowest BCUT2D eigenvalue weighted by Gasteiger charge is -2.32. The average Bonchev–Trinajstić information content (AvgIpc) is 3.47. The molecule has 2 unspecified atom stereocenters. The maximum absolute atomic E-state index is 13.5. The zero-order valence-corrected chi connectivity index (χ0v) is 19.7. The number of unbranched alkanes of at least 4 members (excludes halogenated alkanes) is 1. The third-order valence-corrected chi connectivity index (χ3v) is 6.58. The van der Waals surface area contributed by atoms with E-state index in [0.29, 0.717) is 25.1 Å². The van der Waals surface area contributed by atoms with Crippen molar-refractivity contribution < 1.29 is 13.9 Å². The monoisotopic (exact) mass is 479 g/mol. The van der Waals surface area contributed by atoms with Gasteiger partial charge in [0.05, 0.1) is 5.69 Å². The highest BCUT2D eigenvalue weighted by molar-refractivity contribution is 5.80. The topological polar surface area (TPSA) is 95.0 Å². The summed E-state index contributed by atoms with van der Waals surface area (Å²) in [6.45, 7) is 4.21. The molecule has 3 aliphatic heterocycles. The lowest BCUT2D eigenvalue weighted by atomic mass is 9.97. The van der Waals surface area contributed by atoms with Gasteiger partial charge >= 0.3 is 6.03 Å². The van der Waals surface area contributed by atoms with Crippen molar-refractivity contribution in [1.82, 2.24) is 25.1 Å². The second-order valence-corrected chi connectivity index (χ2v) is 8.96. The maximum Gasteiger partial charge on any atom is 0.317 e. The number of halogens is 1. The zero-order valence-electron chi connectivity index (χ0n) is 19.7. The molecule has 0 spiro atoms. The Morgan fingerprint density at radius 2 is 2.00 bits per heavy atom. The van der Waals surface area contributed by atoms with Crippen molar-refractivity contribution in [3.05, 3.63) is 66.1 Å². The van der Waals surface area contributed by atoms with E-state index in [9.17, 15) is 9.18 Å². The lowest BCUT2D eigenvalue weighted by Crippen LogP contribution is -2.47. The van der Waals surface area contributed by atoms with E-state index in [1.54, 1.807) is 24.6 Å². The minimum Gasteiger partial charge on any atom is -0.432 e. The molecule has 2 amide bonds. The molecule has 1 fully saturated rings. The van der Waals surface area contributed by atoms with Gasteiger partial charge in [-0.1, -0.05) is 25.5 Å². The van der Waals surface area contributed by atoms with Crippen molar-refractivity contribution in [2.45, 2.75) is 50.7 Å². The van der Waals surface area contributed by atoms with E-state index in [0.717, 1.165) is 43.5 Å². The van der Waals surface area contributed by atoms with Crippen molar-refractivity contribution in [2.75, 3.05) is 25.0 Å². The maximum atomic E-state index is 13.5. The summed E-state index contributed by atoms with van der Waals surface area (Å²) in [4.78, 5) is 30.1. The minimum atomic E-state index is -0.286.